The molecule has 1 unspecified atom stereocenters. The van der Waals surface area contributed by atoms with E-state index in [9.17, 15) is 0 Å². The summed E-state index contributed by atoms with van der Waals surface area (Å²) in [6.07, 6.45) is 10.7. The first kappa shape index (κ1) is 14.8. The zero-order valence-corrected chi connectivity index (χ0v) is 13.8. The Morgan fingerprint density at radius 1 is 1.43 bits per heavy atom. The number of nitrogens with one attached hydrogen (secondary N) is 1. The van der Waals surface area contributed by atoms with Crippen LogP contribution in [-0.2, 0) is 7.05 Å². The fourth-order valence-electron chi connectivity index (χ4n) is 3.53. The van der Waals surface area contributed by atoms with Crippen LogP contribution in [0, 0.1) is 5.41 Å². The first-order valence-electron chi connectivity index (χ1n) is 7.98. The Balaban J connectivity index is 1.79. The van der Waals surface area contributed by atoms with Crippen LogP contribution >= 0.6 is 11.3 Å². The van der Waals surface area contributed by atoms with Gasteiger partial charge in [-0.2, -0.15) is 0 Å². The van der Waals surface area contributed by atoms with Gasteiger partial charge in [-0.3, -0.25) is 0 Å². The number of hydrogen-bond donors (Lipinski definition) is 1. The van der Waals surface area contributed by atoms with Gasteiger partial charge >= 0.3 is 0 Å². The molecule has 0 saturated heterocycles. The average molecular weight is 303 g/mol. The highest BCUT2D eigenvalue weighted by atomic mass is 32.1. The molecule has 0 spiro atoms. The summed E-state index contributed by atoms with van der Waals surface area (Å²) in [5.74, 6) is 1.11. The van der Waals surface area contributed by atoms with E-state index in [1.165, 1.54) is 37.0 Å². The average Bonchev–Trinajstić information content (AvgIpc) is 3.22. The fourth-order valence-corrected chi connectivity index (χ4v) is 4.33. The Kier molecular flexibility index (Phi) is 4.45. The maximum Gasteiger partial charge on any atom is 0.131 e. The number of nitrogens with zero attached hydrogens (tertiary/aromatic N) is 2. The van der Waals surface area contributed by atoms with Crippen molar-refractivity contribution in [2.24, 2.45) is 12.5 Å². The molecule has 0 amide bonds. The Hall–Kier alpha value is -1.13. The number of rotatable bonds is 6. The zero-order valence-electron chi connectivity index (χ0n) is 13.0. The van der Waals surface area contributed by atoms with E-state index in [1.807, 2.05) is 23.7 Å². The van der Waals surface area contributed by atoms with Crippen molar-refractivity contribution in [3.63, 3.8) is 0 Å². The summed E-state index contributed by atoms with van der Waals surface area (Å²) in [5.41, 5.74) is 0.501. The quantitative estimate of drug-likeness (QED) is 0.869. The summed E-state index contributed by atoms with van der Waals surface area (Å²) < 4.78 is 2.13. The Morgan fingerprint density at radius 2 is 2.24 bits per heavy atom. The zero-order chi connectivity index (χ0) is 14.7. The molecule has 1 atom stereocenters. The molecule has 1 aliphatic carbocycles. The molecule has 3 nitrogen and oxygen atoms in total. The molecule has 114 valence electrons. The molecule has 2 aromatic rings. The van der Waals surface area contributed by atoms with Gasteiger partial charge < -0.3 is 9.88 Å². The van der Waals surface area contributed by atoms with E-state index >= 15 is 0 Å². The van der Waals surface area contributed by atoms with Crippen LogP contribution in [0.25, 0.3) is 0 Å². The second-order valence-corrected chi connectivity index (χ2v) is 7.27. The van der Waals surface area contributed by atoms with Gasteiger partial charge in [-0.1, -0.05) is 25.8 Å². The van der Waals surface area contributed by atoms with Crippen molar-refractivity contribution in [3.8, 4) is 0 Å². The highest BCUT2D eigenvalue weighted by molar-refractivity contribution is 7.10. The molecule has 1 saturated carbocycles. The molecule has 0 aliphatic heterocycles. The van der Waals surface area contributed by atoms with Crippen LogP contribution in [0.2, 0.25) is 0 Å². The third kappa shape index (κ3) is 3.06. The van der Waals surface area contributed by atoms with Crippen LogP contribution in [0.15, 0.2) is 29.9 Å². The minimum absolute atomic E-state index is 0.217. The SMILES string of the molecule is CCC1(CNC(c2cccs2)c2nccn2C)CCCC1. The highest BCUT2D eigenvalue weighted by Gasteiger charge is 2.33. The van der Waals surface area contributed by atoms with Crippen molar-refractivity contribution in [2.45, 2.75) is 45.1 Å². The van der Waals surface area contributed by atoms with Gasteiger partial charge in [0.15, 0.2) is 0 Å². The largest absolute Gasteiger partial charge is 0.336 e. The molecule has 0 aromatic carbocycles. The summed E-state index contributed by atoms with van der Waals surface area (Å²) in [5, 5.41) is 5.98. The number of aromatic nitrogens is 2. The van der Waals surface area contributed by atoms with E-state index in [-0.39, 0.29) is 6.04 Å². The molecular weight excluding hydrogens is 278 g/mol. The molecule has 3 rings (SSSR count). The number of aryl methyl sites for hydroxylation is 1. The lowest BCUT2D eigenvalue weighted by atomic mass is 9.83. The lowest BCUT2D eigenvalue weighted by Crippen LogP contribution is -2.35. The van der Waals surface area contributed by atoms with Crippen LogP contribution in [0.5, 0.6) is 0 Å². The molecular formula is C17H25N3S. The molecule has 1 aliphatic rings. The molecule has 21 heavy (non-hydrogen) atoms. The third-order valence-corrected chi connectivity index (χ3v) is 5.98. The predicted octanol–water partition coefficient (Wildman–Crippen LogP) is 4.13. The lowest BCUT2D eigenvalue weighted by Gasteiger charge is -2.30. The van der Waals surface area contributed by atoms with Gasteiger partial charge in [0.25, 0.3) is 0 Å². The van der Waals surface area contributed by atoms with E-state index in [0.717, 1.165) is 12.4 Å². The monoisotopic (exact) mass is 303 g/mol. The Morgan fingerprint density at radius 3 is 2.81 bits per heavy atom. The smallest absolute Gasteiger partial charge is 0.131 e. The van der Waals surface area contributed by atoms with Crippen LogP contribution in [0.3, 0.4) is 0 Å². The van der Waals surface area contributed by atoms with Crippen molar-refractivity contribution in [3.05, 3.63) is 40.6 Å². The first-order valence-corrected chi connectivity index (χ1v) is 8.86. The van der Waals surface area contributed by atoms with E-state index in [1.54, 1.807) is 0 Å². The summed E-state index contributed by atoms with van der Waals surface area (Å²) in [6, 6.07) is 4.56. The van der Waals surface area contributed by atoms with Gasteiger partial charge in [0, 0.05) is 30.9 Å². The molecule has 1 fully saturated rings. The number of imidazole rings is 1. The molecule has 0 radical (unpaired) electrons. The second kappa shape index (κ2) is 6.32. The van der Waals surface area contributed by atoms with Crippen LogP contribution in [0.1, 0.15) is 55.8 Å². The van der Waals surface area contributed by atoms with Crippen molar-refractivity contribution in [1.29, 1.82) is 0 Å². The molecule has 2 aromatic heterocycles. The van der Waals surface area contributed by atoms with Gasteiger partial charge in [0.2, 0.25) is 0 Å². The predicted molar refractivity (Wildman–Crippen MR) is 88.6 cm³/mol. The van der Waals surface area contributed by atoms with Crippen LogP contribution in [0.4, 0.5) is 0 Å². The van der Waals surface area contributed by atoms with E-state index in [2.05, 4.69) is 46.4 Å². The van der Waals surface area contributed by atoms with Gasteiger partial charge in [0.05, 0.1) is 0 Å². The maximum absolute atomic E-state index is 4.57. The summed E-state index contributed by atoms with van der Waals surface area (Å²) >= 11 is 1.81. The Labute approximate surface area is 131 Å². The molecule has 0 bridgehead atoms. The Bertz CT molecular complexity index is 552. The maximum atomic E-state index is 4.57. The number of thiophene rings is 1. The normalized spacial score (nSPS) is 19.0. The van der Waals surface area contributed by atoms with Crippen molar-refractivity contribution >= 4 is 11.3 Å². The topological polar surface area (TPSA) is 29.9 Å². The second-order valence-electron chi connectivity index (χ2n) is 6.29. The minimum atomic E-state index is 0.217. The van der Waals surface area contributed by atoms with E-state index in [4.69, 9.17) is 0 Å². The standard InChI is InChI=1S/C17H25N3S/c1-3-17(8-4-5-9-17)13-19-15(14-7-6-12-21-14)16-18-10-11-20(16)2/h6-7,10-12,15,19H,3-5,8-9,13H2,1-2H3. The van der Waals surface area contributed by atoms with Crippen LogP contribution in [-0.4, -0.2) is 16.1 Å². The van der Waals surface area contributed by atoms with Gasteiger partial charge in [-0.15, -0.1) is 11.3 Å². The molecule has 4 heteroatoms. The third-order valence-electron chi connectivity index (χ3n) is 5.04. The van der Waals surface area contributed by atoms with E-state index in [0.29, 0.717) is 5.41 Å². The first-order chi connectivity index (χ1) is 10.2. The number of hydrogen-bond acceptors (Lipinski definition) is 3. The molecule has 1 N–H and O–H groups in total. The van der Waals surface area contributed by atoms with Crippen molar-refractivity contribution in [1.82, 2.24) is 14.9 Å². The highest BCUT2D eigenvalue weighted by Crippen LogP contribution is 2.41. The van der Waals surface area contributed by atoms with Gasteiger partial charge in [-0.05, 0) is 36.1 Å². The fraction of sp³-hybridized carbons (Fsp3) is 0.588. The van der Waals surface area contributed by atoms with Crippen molar-refractivity contribution < 1.29 is 0 Å². The van der Waals surface area contributed by atoms with E-state index < -0.39 is 0 Å². The van der Waals surface area contributed by atoms with Crippen LogP contribution < -0.4 is 5.32 Å². The lowest BCUT2D eigenvalue weighted by molar-refractivity contribution is 0.260. The summed E-state index contributed by atoms with van der Waals surface area (Å²) in [7, 11) is 2.08. The summed E-state index contributed by atoms with van der Waals surface area (Å²) in [4.78, 5) is 5.93. The van der Waals surface area contributed by atoms with Gasteiger partial charge in [0.1, 0.15) is 11.9 Å². The van der Waals surface area contributed by atoms with Gasteiger partial charge in [-0.25, -0.2) is 4.98 Å². The van der Waals surface area contributed by atoms with Crippen molar-refractivity contribution in [2.75, 3.05) is 6.54 Å². The summed E-state index contributed by atoms with van der Waals surface area (Å²) in [6.45, 7) is 3.44. The molecule has 2 heterocycles. The minimum Gasteiger partial charge on any atom is -0.336 e.